The van der Waals surface area contributed by atoms with Crippen LogP contribution in [0.2, 0.25) is 18.1 Å². The van der Waals surface area contributed by atoms with Crippen LogP contribution in [0.3, 0.4) is 0 Å². The number of halogens is 2. The first kappa shape index (κ1) is 23.4. The van der Waals surface area contributed by atoms with E-state index in [1.165, 1.54) is 4.68 Å². The summed E-state index contributed by atoms with van der Waals surface area (Å²) in [6.07, 6.45) is 0.172. The number of hydrogen-bond acceptors (Lipinski definition) is 6. The van der Waals surface area contributed by atoms with E-state index >= 15 is 0 Å². The summed E-state index contributed by atoms with van der Waals surface area (Å²) in [5.41, 5.74) is 0.810. The van der Waals surface area contributed by atoms with Crippen LogP contribution in [0.4, 0.5) is 10.1 Å². The molecule has 160 valence electrons. The van der Waals surface area contributed by atoms with Crippen molar-refractivity contribution in [1.29, 1.82) is 0 Å². The summed E-state index contributed by atoms with van der Waals surface area (Å²) in [7, 11) is -2.10. The summed E-state index contributed by atoms with van der Waals surface area (Å²) in [6, 6.07) is 3.41. The van der Waals surface area contributed by atoms with Gasteiger partial charge in [0.25, 0.3) is 0 Å². The molecule has 29 heavy (non-hydrogen) atoms. The van der Waals surface area contributed by atoms with Gasteiger partial charge in [0.1, 0.15) is 6.61 Å². The Morgan fingerprint density at radius 3 is 2.59 bits per heavy atom. The molecule has 8 nitrogen and oxygen atoms in total. The summed E-state index contributed by atoms with van der Waals surface area (Å²) in [5, 5.41) is 15.6. The predicted molar refractivity (Wildman–Crippen MR) is 114 cm³/mol. The van der Waals surface area contributed by atoms with Crippen LogP contribution >= 0.6 is 15.9 Å². The Hall–Kier alpha value is -1.85. The highest BCUT2D eigenvalue weighted by atomic mass is 79.9. The van der Waals surface area contributed by atoms with Gasteiger partial charge in [-0.15, -0.1) is 5.10 Å². The molecule has 0 N–H and O–H groups in total. The smallest absolute Gasteiger partial charge is 0.364 e. The van der Waals surface area contributed by atoms with Gasteiger partial charge in [-0.2, -0.15) is 0 Å². The first-order valence-electron chi connectivity index (χ1n) is 9.11. The van der Waals surface area contributed by atoms with Crippen molar-refractivity contribution in [3.8, 4) is 11.6 Å². The van der Waals surface area contributed by atoms with E-state index in [1.54, 1.807) is 25.3 Å². The molecule has 0 spiro atoms. The molecule has 2 rings (SSSR count). The van der Waals surface area contributed by atoms with Crippen LogP contribution in [0.1, 0.15) is 26.5 Å². The van der Waals surface area contributed by atoms with Crippen molar-refractivity contribution in [2.24, 2.45) is 0 Å². The third-order valence-electron chi connectivity index (χ3n) is 5.00. The molecule has 0 aliphatic heterocycles. The van der Waals surface area contributed by atoms with Crippen LogP contribution in [-0.2, 0) is 4.43 Å². The van der Waals surface area contributed by atoms with Gasteiger partial charge in [0, 0.05) is 6.20 Å². The molecular weight excluding hydrogens is 463 g/mol. The minimum absolute atomic E-state index is 0.0441. The summed E-state index contributed by atoms with van der Waals surface area (Å²) < 4.78 is 27.0. The zero-order valence-electron chi connectivity index (χ0n) is 17.4. The first-order chi connectivity index (χ1) is 13.3. The number of pyridine rings is 1. The van der Waals surface area contributed by atoms with Crippen LogP contribution in [0.5, 0.6) is 5.88 Å². The number of nitro groups is 1. The van der Waals surface area contributed by atoms with E-state index in [4.69, 9.17) is 9.16 Å². The molecule has 0 bridgehead atoms. The molecular formula is C18H26BrFN4O4Si. The number of rotatable bonds is 8. The second-order valence-electron chi connectivity index (χ2n) is 8.20. The summed E-state index contributed by atoms with van der Waals surface area (Å²) in [5.74, 6) is -0.264. The maximum atomic E-state index is 14.4. The van der Waals surface area contributed by atoms with Crippen molar-refractivity contribution in [3.05, 3.63) is 38.7 Å². The van der Waals surface area contributed by atoms with Crippen LogP contribution in [0.15, 0.2) is 22.9 Å². The quantitative estimate of drug-likeness (QED) is 0.295. The minimum atomic E-state index is -2.10. The van der Waals surface area contributed by atoms with E-state index in [1.807, 2.05) is 13.1 Å². The largest absolute Gasteiger partial charge is 0.469 e. The Balaban J connectivity index is 2.16. The third-order valence-corrected chi connectivity index (χ3v) is 10.2. The molecule has 0 amide bonds. The lowest BCUT2D eigenvalue weighted by Gasteiger charge is -2.36. The van der Waals surface area contributed by atoms with Crippen LogP contribution in [-0.4, -0.2) is 47.4 Å². The van der Waals surface area contributed by atoms with Gasteiger partial charge < -0.3 is 9.16 Å². The topological polar surface area (TPSA) is 92.3 Å². The van der Waals surface area contributed by atoms with Gasteiger partial charge in [-0.25, -0.2) is 9.07 Å². The molecule has 1 atom stereocenters. The van der Waals surface area contributed by atoms with E-state index in [0.29, 0.717) is 11.4 Å². The van der Waals surface area contributed by atoms with Gasteiger partial charge >= 0.3 is 11.6 Å². The third kappa shape index (κ3) is 5.40. The highest BCUT2D eigenvalue weighted by Gasteiger charge is 2.38. The van der Waals surface area contributed by atoms with Gasteiger partial charge in [-0.1, -0.05) is 20.8 Å². The molecule has 2 aromatic heterocycles. The second-order valence-corrected chi connectivity index (χ2v) is 13.8. The van der Waals surface area contributed by atoms with E-state index < -0.39 is 26.0 Å². The zero-order chi connectivity index (χ0) is 22.0. The first-order valence-corrected chi connectivity index (χ1v) is 12.8. The van der Waals surface area contributed by atoms with E-state index in [9.17, 15) is 14.5 Å². The average Bonchev–Trinajstić information content (AvgIpc) is 2.94. The number of hydrogen-bond donors (Lipinski definition) is 0. The van der Waals surface area contributed by atoms with Crippen molar-refractivity contribution in [2.45, 2.75) is 52.0 Å². The molecule has 0 saturated heterocycles. The lowest BCUT2D eigenvalue weighted by atomic mass is 10.2. The SMILES string of the molecule is Cc1ncccc1-n1nc(OCC(F)CO[Si](C)(C)C(C)(C)C)c([N+](=O)[O-])c1Br. The summed E-state index contributed by atoms with van der Waals surface area (Å²) in [4.78, 5) is 15.0. The van der Waals surface area contributed by atoms with Crippen LogP contribution in [0, 0.1) is 17.0 Å². The molecule has 0 fully saturated rings. The summed E-state index contributed by atoms with van der Waals surface area (Å²) >= 11 is 3.20. The Morgan fingerprint density at radius 2 is 2.03 bits per heavy atom. The average molecular weight is 489 g/mol. The maximum absolute atomic E-state index is 14.4. The fourth-order valence-electron chi connectivity index (χ4n) is 2.21. The number of aromatic nitrogens is 3. The monoisotopic (exact) mass is 488 g/mol. The number of ether oxygens (including phenoxy) is 1. The Bertz CT molecular complexity index is 885. The molecule has 11 heteroatoms. The molecule has 0 aliphatic carbocycles. The van der Waals surface area contributed by atoms with Gasteiger partial charge in [0.2, 0.25) is 0 Å². The van der Waals surface area contributed by atoms with Gasteiger partial charge in [-0.05, 0) is 53.1 Å². The highest BCUT2D eigenvalue weighted by molar-refractivity contribution is 9.10. The van der Waals surface area contributed by atoms with Crippen molar-refractivity contribution >= 4 is 29.9 Å². The lowest BCUT2D eigenvalue weighted by Crippen LogP contribution is -2.42. The molecule has 2 heterocycles. The van der Waals surface area contributed by atoms with E-state index in [0.717, 1.165) is 0 Å². The minimum Gasteiger partial charge on any atom is -0.469 e. The molecule has 2 aromatic rings. The standard InChI is InChI=1S/C18H26BrFN4O4Si/c1-12-14(8-7-9-21-12)23-16(19)15(24(25)26)17(22-23)27-10-13(20)11-28-29(5,6)18(2,3)4/h7-9,13H,10-11H2,1-6H3. The maximum Gasteiger partial charge on any atom is 0.364 e. The van der Waals surface area contributed by atoms with Gasteiger partial charge in [0.15, 0.2) is 19.1 Å². The molecule has 0 radical (unpaired) electrons. The number of aryl methyl sites for hydroxylation is 1. The van der Waals surface area contributed by atoms with Crippen molar-refractivity contribution in [3.63, 3.8) is 0 Å². The van der Waals surface area contributed by atoms with Crippen LogP contribution < -0.4 is 4.74 Å². The molecule has 0 saturated carbocycles. The molecule has 1 unspecified atom stereocenters. The zero-order valence-corrected chi connectivity index (χ0v) is 20.0. The van der Waals surface area contributed by atoms with Gasteiger partial charge in [0.05, 0.1) is 22.9 Å². The number of nitrogens with zero attached hydrogens (tertiary/aromatic N) is 4. The normalized spacial score (nSPS) is 13.4. The lowest BCUT2D eigenvalue weighted by molar-refractivity contribution is -0.386. The highest BCUT2D eigenvalue weighted by Crippen LogP contribution is 2.38. The number of alkyl halides is 1. The van der Waals surface area contributed by atoms with Crippen molar-refractivity contribution in [1.82, 2.24) is 14.8 Å². The van der Waals surface area contributed by atoms with E-state index in [-0.39, 0.29) is 27.8 Å². The Kier molecular flexibility index (Phi) is 7.17. The Morgan fingerprint density at radius 1 is 1.38 bits per heavy atom. The van der Waals surface area contributed by atoms with E-state index in [2.05, 4.69) is 46.8 Å². The fraction of sp³-hybridized carbons (Fsp3) is 0.556. The Labute approximate surface area is 178 Å². The second kappa shape index (κ2) is 8.88. The predicted octanol–water partition coefficient (Wildman–Crippen LogP) is 4.99. The van der Waals surface area contributed by atoms with Gasteiger partial charge in [-0.3, -0.25) is 15.1 Å². The molecule has 0 aliphatic rings. The van der Waals surface area contributed by atoms with Crippen LogP contribution in [0.25, 0.3) is 5.69 Å². The molecule has 0 aromatic carbocycles. The van der Waals surface area contributed by atoms with Crippen molar-refractivity contribution < 1.29 is 18.5 Å². The van der Waals surface area contributed by atoms with Crippen molar-refractivity contribution in [2.75, 3.05) is 13.2 Å². The fourth-order valence-corrected chi connectivity index (χ4v) is 3.83. The summed E-state index contributed by atoms with van der Waals surface area (Å²) in [6.45, 7) is 11.5.